The smallest absolute Gasteiger partial charge is 0.322 e. The number of phenolic OH excluding ortho intramolecular Hbond substituents is 2. The molecule has 0 saturated carbocycles. The van der Waals surface area contributed by atoms with Crippen LogP contribution in [-0.2, 0) is 0 Å². The molecule has 4 aromatic carbocycles. The summed E-state index contributed by atoms with van der Waals surface area (Å²) in [5.74, 6) is -0.798. The first-order valence-corrected chi connectivity index (χ1v) is 12.2. The third kappa shape index (κ3) is 5.17. The summed E-state index contributed by atoms with van der Waals surface area (Å²) in [6.45, 7) is 0. The van der Waals surface area contributed by atoms with E-state index in [9.17, 15) is 28.9 Å². The number of anilines is 1. The van der Waals surface area contributed by atoms with Crippen LogP contribution in [-0.4, -0.2) is 27.4 Å². The Morgan fingerprint density at radius 1 is 0.842 bits per heavy atom. The zero-order chi connectivity index (χ0) is 26.8. The Morgan fingerprint density at radius 3 is 2.16 bits per heavy atom. The number of benzene rings is 4. The molecule has 0 aliphatic carbocycles. The van der Waals surface area contributed by atoms with Crippen LogP contribution >= 0.6 is 0 Å². The highest BCUT2D eigenvalue weighted by molar-refractivity contribution is 5.96. The van der Waals surface area contributed by atoms with E-state index in [1.807, 2.05) is 0 Å². The summed E-state index contributed by atoms with van der Waals surface area (Å²) < 4.78 is 26.9. The summed E-state index contributed by atoms with van der Waals surface area (Å²) in [4.78, 5) is 14.6. The van der Waals surface area contributed by atoms with Crippen molar-refractivity contribution < 1.29 is 28.9 Å². The summed E-state index contributed by atoms with van der Waals surface area (Å²) in [7, 11) is 0. The van der Waals surface area contributed by atoms with Crippen LogP contribution in [0.2, 0.25) is 0 Å². The number of halogens is 2. The Labute approximate surface area is 218 Å². The zero-order valence-electron chi connectivity index (χ0n) is 20.3. The molecule has 4 aromatic rings. The summed E-state index contributed by atoms with van der Waals surface area (Å²) >= 11 is 0. The molecule has 1 unspecified atom stereocenters. The molecule has 4 N–H and O–H groups in total. The van der Waals surface area contributed by atoms with Crippen LogP contribution < -0.4 is 10.2 Å². The Morgan fingerprint density at radius 2 is 1.50 bits per heavy atom. The van der Waals surface area contributed by atoms with Gasteiger partial charge in [-0.05, 0) is 84.1 Å². The maximum atomic E-state index is 13.6. The lowest BCUT2D eigenvalue weighted by molar-refractivity contribution is 0.159. The van der Waals surface area contributed by atoms with Crippen LogP contribution in [0.5, 0.6) is 11.5 Å². The standard InChI is InChI=1S/C30H26F2N2O4/c31-21-7-4-18(5-8-21)27(36)15-14-26-29(34(30(38)33-26)23-11-9-22(32)10-12-23)25-13-6-20(17-28(25)37)19-2-1-3-24(35)16-19/h1-13,16-17,26-27,29,35-37H,14-15H2,(H,33,38)/t26-,27?,29-/m1/s1. The molecule has 2 amide bonds. The monoisotopic (exact) mass is 516 g/mol. The number of phenols is 2. The SMILES string of the molecule is O=C1N[C@H](CCC(O)c2ccc(F)cc2)[C@@H](c2ccc(-c3cccc(O)c3)cc2O)N1c1ccc(F)cc1. The molecule has 1 aliphatic rings. The number of aliphatic hydroxyl groups excluding tert-OH is 1. The lowest BCUT2D eigenvalue weighted by Gasteiger charge is -2.28. The van der Waals surface area contributed by atoms with Crippen molar-refractivity contribution in [3.63, 3.8) is 0 Å². The normalized spacial score (nSPS) is 17.9. The van der Waals surface area contributed by atoms with Gasteiger partial charge in [0.25, 0.3) is 0 Å². The van der Waals surface area contributed by atoms with Gasteiger partial charge in [0.05, 0.1) is 18.2 Å². The van der Waals surface area contributed by atoms with Crippen LogP contribution in [0.15, 0.2) is 91.0 Å². The molecule has 0 spiro atoms. The van der Waals surface area contributed by atoms with Gasteiger partial charge in [-0.15, -0.1) is 0 Å². The highest BCUT2D eigenvalue weighted by Gasteiger charge is 2.42. The number of hydrogen-bond donors (Lipinski definition) is 4. The first-order valence-electron chi connectivity index (χ1n) is 12.2. The Hall–Kier alpha value is -4.43. The second-order valence-electron chi connectivity index (χ2n) is 9.32. The fraction of sp³-hybridized carbons (Fsp3) is 0.167. The average molecular weight is 517 g/mol. The maximum absolute atomic E-state index is 13.6. The minimum atomic E-state index is -0.880. The molecule has 3 atom stereocenters. The number of rotatable bonds is 7. The van der Waals surface area contributed by atoms with E-state index in [4.69, 9.17) is 0 Å². The second-order valence-corrected chi connectivity index (χ2v) is 9.32. The second kappa shape index (κ2) is 10.5. The van der Waals surface area contributed by atoms with Gasteiger partial charge in [-0.25, -0.2) is 13.6 Å². The molecule has 1 saturated heterocycles. The van der Waals surface area contributed by atoms with Gasteiger partial charge in [0.1, 0.15) is 23.1 Å². The number of nitrogens with zero attached hydrogens (tertiary/aromatic N) is 1. The summed E-state index contributed by atoms with van der Waals surface area (Å²) in [5.41, 5.74) is 2.86. The Bertz CT molecular complexity index is 1440. The molecule has 5 rings (SSSR count). The van der Waals surface area contributed by atoms with Crippen molar-refractivity contribution >= 4 is 11.7 Å². The van der Waals surface area contributed by atoms with E-state index in [1.165, 1.54) is 53.4 Å². The van der Waals surface area contributed by atoms with E-state index in [0.29, 0.717) is 34.4 Å². The fourth-order valence-corrected chi connectivity index (χ4v) is 4.93. The molecule has 38 heavy (non-hydrogen) atoms. The first kappa shape index (κ1) is 25.2. The fourth-order valence-electron chi connectivity index (χ4n) is 4.93. The molecule has 1 fully saturated rings. The third-order valence-corrected chi connectivity index (χ3v) is 6.83. The van der Waals surface area contributed by atoms with E-state index >= 15 is 0 Å². The van der Waals surface area contributed by atoms with Gasteiger partial charge in [-0.3, -0.25) is 4.90 Å². The first-order chi connectivity index (χ1) is 18.3. The highest BCUT2D eigenvalue weighted by atomic mass is 19.1. The van der Waals surface area contributed by atoms with E-state index in [2.05, 4.69) is 5.32 Å². The maximum Gasteiger partial charge on any atom is 0.322 e. The molecular formula is C30H26F2N2O4. The highest BCUT2D eigenvalue weighted by Crippen LogP contribution is 2.41. The summed E-state index contributed by atoms with van der Waals surface area (Å²) in [5, 5.41) is 34.6. The quantitative estimate of drug-likeness (QED) is 0.235. The van der Waals surface area contributed by atoms with E-state index in [1.54, 1.807) is 42.5 Å². The number of hydrogen-bond acceptors (Lipinski definition) is 4. The number of carbonyl (C=O) groups excluding carboxylic acids is 1. The number of aliphatic hydroxyl groups is 1. The number of urea groups is 1. The van der Waals surface area contributed by atoms with Crippen molar-refractivity contribution in [2.24, 2.45) is 0 Å². The predicted molar refractivity (Wildman–Crippen MR) is 140 cm³/mol. The van der Waals surface area contributed by atoms with Crippen molar-refractivity contribution in [3.05, 3.63) is 114 Å². The van der Waals surface area contributed by atoms with Crippen LogP contribution in [0.25, 0.3) is 11.1 Å². The van der Waals surface area contributed by atoms with Crippen LogP contribution in [0.4, 0.5) is 19.3 Å². The lowest BCUT2D eigenvalue weighted by atomic mass is 9.91. The largest absolute Gasteiger partial charge is 0.508 e. The van der Waals surface area contributed by atoms with Crippen LogP contribution in [0, 0.1) is 11.6 Å². The molecule has 0 aromatic heterocycles. The summed E-state index contributed by atoms with van der Waals surface area (Å²) in [6.07, 6.45) is -0.262. The van der Waals surface area contributed by atoms with Gasteiger partial charge in [0, 0.05) is 11.3 Å². The molecule has 0 bridgehead atoms. The van der Waals surface area contributed by atoms with Gasteiger partial charge in [0.2, 0.25) is 0 Å². The van der Waals surface area contributed by atoms with Crippen molar-refractivity contribution in [2.75, 3.05) is 4.90 Å². The molecule has 1 heterocycles. The van der Waals surface area contributed by atoms with E-state index in [-0.39, 0.29) is 17.9 Å². The van der Waals surface area contributed by atoms with Crippen molar-refractivity contribution in [1.82, 2.24) is 5.32 Å². The molecule has 1 aliphatic heterocycles. The molecule has 6 nitrogen and oxygen atoms in total. The number of nitrogens with one attached hydrogen (secondary N) is 1. The topological polar surface area (TPSA) is 93.0 Å². The van der Waals surface area contributed by atoms with Gasteiger partial charge < -0.3 is 20.6 Å². The number of amides is 2. The molecule has 8 heteroatoms. The minimum Gasteiger partial charge on any atom is -0.508 e. The molecule has 194 valence electrons. The zero-order valence-corrected chi connectivity index (χ0v) is 20.3. The number of aromatic hydroxyl groups is 2. The predicted octanol–water partition coefficient (Wildman–Crippen LogP) is 6.20. The van der Waals surface area contributed by atoms with E-state index in [0.717, 1.165) is 0 Å². The number of carbonyl (C=O) groups is 1. The lowest BCUT2D eigenvalue weighted by Crippen LogP contribution is -2.29. The van der Waals surface area contributed by atoms with Crippen LogP contribution in [0.3, 0.4) is 0 Å². The van der Waals surface area contributed by atoms with Gasteiger partial charge in [-0.2, -0.15) is 0 Å². The van der Waals surface area contributed by atoms with Crippen molar-refractivity contribution in [1.29, 1.82) is 0 Å². The summed E-state index contributed by atoms with van der Waals surface area (Å²) in [6, 6.07) is 21.3. The Balaban J connectivity index is 1.47. The minimum absolute atomic E-state index is 0.0523. The van der Waals surface area contributed by atoms with Crippen LogP contribution in [0.1, 0.15) is 36.1 Å². The molecular weight excluding hydrogens is 490 g/mol. The van der Waals surface area contributed by atoms with Gasteiger partial charge >= 0.3 is 6.03 Å². The molecule has 0 radical (unpaired) electrons. The average Bonchev–Trinajstić information content (AvgIpc) is 3.23. The van der Waals surface area contributed by atoms with Crippen molar-refractivity contribution in [2.45, 2.75) is 31.0 Å². The van der Waals surface area contributed by atoms with Gasteiger partial charge in [-0.1, -0.05) is 36.4 Å². The van der Waals surface area contributed by atoms with Crippen molar-refractivity contribution in [3.8, 4) is 22.6 Å². The third-order valence-electron chi connectivity index (χ3n) is 6.83. The Kier molecular flexibility index (Phi) is 6.98. The van der Waals surface area contributed by atoms with Gasteiger partial charge in [0.15, 0.2) is 0 Å². The van der Waals surface area contributed by atoms with E-state index < -0.39 is 35.9 Å².